The predicted molar refractivity (Wildman–Crippen MR) is 98.3 cm³/mol. The first-order valence-electron chi connectivity index (χ1n) is 7.69. The fourth-order valence-corrected chi connectivity index (χ4v) is 5.47. The summed E-state index contributed by atoms with van der Waals surface area (Å²) >= 11 is 0. The van der Waals surface area contributed by atoms with Crippen molar-refractivity contribution in [3.63, 3.8) is 0 Å². The van der Waals surface area contributed by atoms with Crippen LogP contribution in [-0.4, -0.2) is 25.5 Å². The van der Waals surface area contributed by atoms with Gasteiger partial charge in [-0.3, -0.25) is 0 Å². The number of hydrogen-bond acceptors (Lipinski definition) is 1. The molecule has 1 aliphatic carbocycles. The van der Waals surface area contributed by atoms with Crippen molar-refractivity contribution in [3.05, 3.63) is 84.2 Å². The molecule has 0 spiro atoms. The molecule has 0 amide bonds. The van der Waals surface area contributed by atoms with Gasteiger partial charge in [0.05, 0.1) is 0 Å². The number of nitrogens with zero attached hydrogens (tertiary/aromatic N) is 1. The van der Waals surface area contributed by atoms with Gasteiger partial charge in [0.1, 0.15) is 0 Å². The van der Waals surface area contributed by atoms with E-state index < -0.39 is 7.92 Å². The second-order valence-corrected chi connectivity index (χ2v) is 8.07. The van der Waals surface area contributed by atoms with E-state index in [1.54, 1.807) is 5.31 Å². The normalized spacial score (nSPS) is 17.3. The molecule has 2 aromatic rings. The molecule has 0 N–H and O–H groups in total. The molecule has 3 rings (SSSR count). The molecule has 22 heavy (non-hydrogen) atoms. The minimum Gasteiger partial charge on any atom is -0.308 e. The van der Waals surface area contributed by atoms with Gasteiger partial charge in [0.25, 0.3) is 0 Å². The topological polar surface area (TPSA) is 3.24 Å². The maximum absolute atomic E-state index is 2.34. The van der Waals surface area contributed by atoms with Crippen molar-refractivity contribution in [2.45, 2.75) is 0 Å². The molecule has 1 aliphatic rings. The predicted octanol–water partition coefficient (Wildman–Crippen LogP) is 3.75. The molecule has 0 aliphatic heterocycles. The minimum atomic E-state index is -0.450. The highest BCUT2D eigenvalue weighted by Crippen LogP contribution is 2.48. The van der Waals surface area contributed by atoms with Crippen LogP contribution in [0.5, 0.6) is 0 Å². The van der Waals surface area contributed by atoms with Crippen LogP contribution in [0, 0.1) is 5.92 Å². The van der Waals surface area contributed by atoms with E-state index in [2.05, 4.69) is 97.9 Å². The zero-order valence-electron chi connectivity index (χ0n) is 13.2. The highest BCUT2D eigenvalue weighted by molar-refractivity contribution is 7.76. The lowest BCUT2D eigenvalue weighted by atomic mass is 10.1. The third-order valence-corrected chi connectivity index (χ3v) is 6.47. The lowest BCUT2D eigenvalue weighted by Gasteiger charge is -2.26. The number of hydrogen-bond donors (Lipinski definition) is 0. The summed E-state index contributed by atoms with van der Waals surface area (Å²) in [6.07, 6.45) is 6.90. The Morgan fingerprint density at radius 2 is 1.41 bits per heavy atom. The largest absolute Gasteiger partial charge is 0.308 e. The van der Waals surface area contributed by atoms with Crippen molar-refractivity contribution in [2.24, 2.45) is 5.92 Å². The summed E-state index contributed by atoms with van der Waals surface area (Å²) in [7, 11) is 3.85. The summed E-state index contributed by atoms with van der Waals surface area (Å²) in [6.45, 7) is 1.07. The second-order valence-electron chi connectivity index (χ2n) is 5.85. The summed E-state index contributed by atoms with van der Waals surface area (Å²) in [5.74, 6) is 0.515. The van der Waals surface area contributed by atoms with Crippen molar-refractivity contribution < 1.29 is 0 Å². The van der Waals surface area contributed by atoms with E-state index in [1.807, 2.05) is 0 Å². The molecule has 0 radical (unpaired) electrons. The highest BCUT2D eigenvalue weighted by Gasteiger charge is 2.26. The average Bonchev–Trinajstić information content (AvgIpc) is 2.97. The molecule has 0 heterocycles. The quantitative estimate of drug-likeness (QED) is 0.761. The van der Waals surface area contributed by atoms with Crippen LogP contribution in [-0.2, 0) is 0 Å². The first-order chi connectivity index (χ1) is 10.8. The van der Waals surface area contributed by atoms with Crippen molar-refractivity contribution in [2.75, 3.05) is 20.6 Å². The minimum absolute atomic E-state index is 0.450. The molecule has 1 nitrogen and oxygen atoms in total. The Kier molecular flexibility index (Phi) is 4.87. The molecule has 0 fully saturated rings. The first kappa shape index (κ1) is 15.2. The van der Waals surface area contributed by atoms with Crippen LogP contribution in [0.1, 0.15) is 0 Å². The third kappa shape index (κ3) is 3.38. The maximum Gasteiger partial charge on any atom is 0.0159 e. The van der Waals surface area contributed by atoms with E-state index in [4.69, 9.17) is 0 Å². The first-order valence-corrected chi connectivity index (χ1v) is 9.03. The van der Waals surface area contributed by atoms with Crippen LogP contribution in [0.3, 0.4) is 0 Å². The summed E-state index contributed by atoms with van der Waals surface area (Å²) in [6, 6.07) is 21.9. The second kappa shape index (κ2) is 7.05. The molecular formula is C20H22NP. The van der Waals surface area contributed by atoms with Gasteiger partial charge in [-0.2, -0.15) is 0 Å². The van der Waals surface area contributed by atoms with Gasteiger partial charge in [-0.15, -0.1) is 0 Å². The van der Waals surface area contributed by atoms with Crippen LogP contribution < -0.4 is 10.6 Å². The Bertz CT molecular complexity index is 619. The summed E-state index contributed by atoms with van der Waals surface area (Å²) in [5, 5.41) is 4.42. The molecule has 1 unspecified atom stereocenters. The summed E-state index contributed by atoms with van der Waals surface area (Å²) in [4.78, 5) is 2.28. The molecule has 0 saturated carbocycles. The Labute approximate surface area is 134 Å². The van der Waals surface area contributed by atoms with Gasteiger partial charge in [-0.05, 0) is 37.9 Å². The van der Waals surface area contributed by atoms with Crippen molar-refractivity contribution in [3.8, 4) is 0 Å². The van der Waals surface area contributed by atoms with Gasteiger partial charge in [-0.1, -0.05) is 78.9 Å². The van der Waals surface area contributed by atoms with Crippen molar-refractivity contribution >= 4 is 18.5 Å². The fraction of sp³-hybridized carbons (Fsp3) is 0.200. The molecule has 2 aromatic carbocycles. The lowest BCUT2D eigenvalue weighted by Crippen LogP contribution is -2.23. The number of allylic oxidation sites excluding steroid dienone is 2. The fourth-order valence-electron chi connectivity index (χ4n) is 2.90. The van der Waals surface area contributed by atoms with E-state index in [1.165, 1.54) is 10.6 Å². The van der Waals surface area contributed by atoms with Crippen LogP contribution in [0.15, 0.2) is 84.2 Å². The Balaban J connectivity index is 2.00. The van der Waals surface area contributed by atoms with Gasteiger partial charge in [0, 0.05) is 12.5 Å². The number of benzene rings is 2. The van der Waals surface area contributed by atoms with Crippen molar-refractivity contribution in [1.29, 1.82) is 0 Å². The van der Waals surface area contributed by atoms with Crippen LogP contribution in [0.4, 0.5) is 0 Å². The van der Waals surface area contributed by atoms with Gasteiger partial charge in [0.2, 0.25) is 0 Å². The number of rotatable bonds is 5. The molecule has 0 bridgehead atoms. The molecule has 112 valence electrons. The maximum atomic E-state index is 2.34. The van der Waals surface area contributed by atoms with E-state index in [0.717, 1.165) is 6.54 Å². The van der Waals surface area contributed by atoms with Gasteiger partial charge in [0.15, 0.2) is 0 Å². The van der Waals surface area contributed by atoms with E-state index in [9.17, 15) is 0 Å². The van der Waals surface area contributed by atoms with Crippen LogP contribution >= 0.6 is 7.92 Å². The third-order valence-electron chi connectivity index (χ3n) is 3.84. The SMILES string of the molecule is CN(C)CC1C=CC=C1P(c1ccccc1)c1ccccc1. The zero-order valence-corrected chi connectivity index (χ0v) is 14.1. The standard InChI is InChI=1S/C20H22NP/c1-21(2)16-17-10-9-15-20(17)22(18-11-5-3-6-12-18)19-13-7-4-8-14-19/h3-15,17H,16H2,1-2H3. The van der Waals surface area contributed by atoms with Gasteiger partial charge < -0.3 is 4.90 Å². The van der Waals surface area contributed by atoms with Gasteiger partial charge in [-0.25, -0.2) is 0 Å². The molecule has 2 heteroatoms. The van der Waals surface area contributed by atoms with E-state index in [-0.39, 0.29) is 0 Å². The Hall–Kier alpha value is -1.69. The molecule has 0 aromatic heterocycles. The van der Waals surface area contributed by atoms with Crippen LogP contribution in [0.2, 0.25) is 0 Å². The highest BCUT2D eigenvalue weighted by atomic mass is 31.1. The van der Waals surface area contributed by atoms with Gasteiger partial charge >= 0.3 is 0 Å². The average molecular weight is 307 g/mol. The van der Waals surface area contributed by atoms with Crippen molar-refractivity contribution in [1.82, 2.24) is 4.90 Å². The molecule has 0 saturated heterocycles. The van der Waals surface area contributed by atoms with Crippen LogP contribution in [0.25, 0.3) is 0 Å². The Morgan fingerprint density at radius 3 is 1.91 bits per heavy atom. The molecule has 1 atom stereocenters. The Morgan fingerprint density at radius 1 is 0.864 bits per heavy atom. The summed E-state index contributed by atoms with van der Waals surface area (Å²) in [5.41, 5.74) is 0. The lowest BCUT2D eigenvalue weighted by molar-refractivity contribution is 0.385. The summed E-state index contributed by atoms with van der Waals surface area (Å²) < 4.78 is 0. The monoisotopic (exact) mass is 307 g/mol. The smallest absolute Gasteiger partial charge is 0.0159 e. The van der Waals surface area contributed by atoms with E-state index in [0.29, 0.717) is 5.92 Å². The molecular weight excluding hydrogens is 285 g/mol. The van der Waals surface area contributed by atoms with E-state index >= 15 is 0 Å². The zero-order chi connectivity index (χ0) is 15.4.